The molecule has 2 aliphatic heterocycles. The Hall–Kier alpha value is -0.330. The van der Waals surface area contributed by atoms with Crippen LogP contribution in [0.3, 0.4) is 0 Å². The largest absolute Gasteiger partial charge is 0.476 e. The summed E-state index contributed by atoms with van der Waals surface area (Å²) in [5.41, 5.74) is 1.17. The molecule has 1 saturated heterocycles. The van der Waals surface area contributed by atoms with E-state index in [1.165, 1.54) is 31.2 Å². The van der Waals surface area contributed by atoms with Crippen molar-refractivity contribution < 1.29 is 4.74 Å². The van der Waals surface area contributed by atoms with Crippen LogP contribution in [-0.4, -0.2) is 30.7 Å². The molecule has 0 amide bonds. The minimum atomic E-state index is 0. The molecule has 1 N–H and O–H groups in total. The van der Waals surface area contributed by atoms with Gasteiger partial charge in [0.15, 0.2) is 0 Å². The Bertz CT molecular complexity index is 445. The van der Waals surface area contributed by atoms with E-state index in [0.717, 1.165) is 31.3 Å². The van der Waals surface area contributed by atoms with Crippen molar-refractivity contribution in [3.63, 3.8) is 0 Å². The van der Waals surface area contributed by atoms with E-state index < -0.39 is 0 Å². The molecule has 120 valence electrons. The van der Waals surface area contributed by atoms with Gasteiger partial charge in [-0.2, -0.15) is 4.98 Å². The molecule has 1 aromatic rings. The van der Waals surface area contributed by atoms with Crippen molar-refractivity contribution in [2.75, 3.05) is 24.6 Å². The number of ether oxygens (including phenoxy) is 1. The lowest BCUT2D eigenvalue weighted by molar-refractivity contribution is 0.313. The molecule has 1 aromatic heterocycles. The van der Waals surface area contributed by atoms with Gasteiger partial charge in [0.25, 0.3) is 0 Å². The number of hydrogen-bond donors (Lipinski definition) is 1. The minimum absolute atomic E-state index is 0. The van der Waals surface area contributed by atoms with Crippen molar-refractivity contribution >= 4 is 39.8 Å². The monoisotopic (exact) mass is 421 g/mol. The van der Waals surface area contributed by atoms with Gasteiger partial charge in [0.2, 0.25) is 5.88 Å². The second-order valence-electron chi connectivity index (χ2n) is 5.41. The summed E-state index contributed by atoms with van der Waals surface area (Å²) in [4.78, 5) is 7.22. The Morgan fingerprint density at radius 2 is 2.19 bits per heavy atom. The predicted octanol–water partition coefficient (Wildman–Crippen LogP) is 3.49. The third-order valence-corrected chi connectivity index (χ3v) is 4.15. The first kappa shape index (κ1) is 18.7. The molecule has 1 atom stereocenters. The van der Waals surface area contributed by atoms with Gasteiger partial charge in [-0.05, 0) is 37.8 Å². The maximum Gasteiger partial charge on any atom is 0.219 e. The van der Waals surface area contributed by atoms with Crippen molar-refractivity contribution in [3.8, 4) is 5.88 Å². The van der Waals surface area contributed by atoms with E-state index in [2.05, 4.69) is 29.3 Å². The van der Waals surface area contributed by atoms with Crippen LogP contribution in [-0.2, 0) is 6.54 Å². The van der Waals surface area contributed by atoms with Gasteiger partial charge in [0, 0.05) is 31.2 Å². The first-order valence-corrected chi connectivity index (χ1v) is 7.48. The average molecular weight is 423 g/mol. The molecular formula is C15H25Br2N3O. The molecule has 1 fully saturated rings. The molecule has 4 nitrogen and oxygen atoms in total. The molecule has 3 heterocycles. The van der Waals surface area contributed by atoms with Gasteiger partial charge < -0.3 is 15.0 Å². The maximum atomic E-state index is 5.75. The molecule has 0 aliphatic carbocycles. The summed E-state index contributed by atoms with van der Waals surface area (Å²) in [6, 6.07) is 4.96. The lowest BCUT2D eigenvalue weighted by atomic mass is 10.00. The van der Waals surface area contributed by atoms with Crippen LogP contribution in [0, 0.1) is 0 Å². The number of nitrogens with one attached hydrogen (secondary N) is 1. The first-order valence-electron chi connectivity index (χ1n) is 7.48. The van der Waals surface area contributed by atoms with Crippen LogP contribution in [0.5, 0.6) is 5.88 Å². The summed E-state index contributed by atoms with van der Waals surface area (Å²) < 4.78 is 5.75. The van der Waals surface area contributed by atoms with Crippen molar-refractivity contribution in [1.29, 1.82) is 0 Å². The minimum Gasteiger partial charge on any atom is -0.476 e. The molecule has 21 heavy (non-hydrogen) atoms. The summed E-state index contributed by atoms with van der Waals surface area (Å²) in [5.74, 6) is 1.91. The van der Waals surface area contributed by atoms with Crippen LogP contribution in [0.15, 0.2) is 12.1 Å². The van der Waals surface area contributed by atoms with Crippen molar-refractivity contribution in [3.05, 3.63) is 17.7 Å². The number of nitrogens with zero attached hydrogens (tertiary/aromatic N) is 2. The van der Waals surface area contributed by atoms with Gasteiger partial charge >= 0.3 is 0 Å². The fourth-order valence-corrected chi connectivity index (χ4v) is 3.05. The van der Waals surface area contributed by atoms with E-state index in [-0.39, 0.29) is 34.0 Å². The highest BCUT2D eigenvalue weighted by Gasteiger charge is 2.23. The zero-order valence-corrected chi connectivity index (χ0v) is 15.9. The van der Waals surface area contributed by atoms with E-state index in [1.54, 1.807) is 0 Å². The zero-order valence-electron chi connectivity index (χ0n) is 12.5. The highest BCUT2D eigenvalue weighted by Crippen LogP contribution is 2.28. The van der Waals surface area contributed by atoms with E-state index >= 15 is 0 Å². The Kier molecular flexibility index (Phi) is 7.98. The second-order valence-corrected chi connectivity index (χ2v) is 5.41. The number of hydrogen-bond acceptors (Lipinski definition) is 4. The van der Waals surface area contributed by atoms with Crippen LogP contribution >= 0.6 is 34.0 Å². The second kappa shape index (κ2) is 8.96. The SMILES string of the molecule is Br.Br.CCC1CCCCN1c1ccc2c(n1)OCCNC2. The van der Waals surface area contributed by atoms with Crippen LogP contribution in [0.1, 0.15) is 38.2 Å². The molecule has 3 rings (SSSR count). The number of piperidine rings is 1. The number of aromatic nitrogens is 1. The summed E-state index contributed by atoms with van der Waals surface area (Å²) in [6.45, 7) is 5.86. The van der Waals surface area contributed by atoms with E-state index in [0.29, 0.717) is 12.6 Å². The quantitative estimate of drug-likeness (QED) is 0.791. The number of pyridine rings is 1. The van der Waals surface area contributed by atoms with Crippen LogP contribution < -0.4 is 15.0 Å². The van der Waals surface area contributed by atoms with E-state index in [4.69, 9.17) is 9.72 Å². The molecule has 6 heteroatoms. The summed E-state index contributed by atoms with van der Waals surface area (Å²) in [6.07, 6.45) is 5.11. The Balaban J connectivity index is 0.00000110. The molecule has 0 saturated carbocycles. The molecule has 0 aromatic carbocycles. The topological polar surface area (TPSA) is 37.4 Å². The highest BCUT2D eigenvalue weighted by molar-refractivity contribution is 8.93. The first-order chi connectivity index (χ1) is 9.38. The normalized spacial score (nSPS) is 21.2. The fourth-order valence-electron chi connectivity index (χ4n) is 3.05. The molecule has 1 unspecified atom stereocenters. The molecule has 0 spiro atoms. The maximum absolute atomic E-state index is 5.75. The summed E-state index contributed by atoms with van der Waals surface area (Å²) in [7, 11) is 0. The van der Waals surface area contributed by atoms with Crippen LogP contribution in [0.2, 0.25) is 0 Å². The number of halogens is 2. The van der Waals surface area contributed by atoms with Gasteiger partial charge in [-0.25, -0.2) is 0 Å². The lowest BCUT2D eigenvalue weighted by Gasteiger charge is -2.36. The van der Waals surface area contributed by atoms with Gasteiger partial charge in [-0.3, -0.25) is 0 Å². The molecule has 2 aliphatic rings. The van der Waals surface area contributed by atoms with Crippen molar-refractivity contribution in [2.24, 2.45) is 0 Å². The highest BCUT2D eigenvalue weighted by atomic mass is 79.9. The van der Waals surface area contributed by atoms with Gasteiger partial charge in [-0.1, -0.05) is 6.92 Å². The number of rotatable bonds is 2. The van der Waals surface area contributed by atoms with Crippen molar-refractivity contribution in [1.82, 2.24) is 10.3 Å². The lowest BCUT2D eigenvalue weighted by Crippen LogP contribution is -2.39. The standard InChI is InChI=1S/C15H23N3O.2BrH/c1-2-13-5-3-4-9-18(13)14-7-6-12-11-16-8-10-19-15(12)17-14;;/h6-7,13,16H,2-5,8-11H2,1H3;2*1H. The summed E-state index contributed by atoms with van der Waals surface area (Å²) >= 11 is 0. The summed E-state index contributed by atoms with van der Waals surface area (Å²) in [5, 5.41) is 3.34. The molecule has 0 bridgehead atoms. The van der Waals surface area contributed by atoms with E-state index in [9.17, 15) is 0 Å². The third-order valence-electron chi connectivity index (χ3n) is 4.15. The van der Waals surface area contributed by atoms with Gasteiger partial charge in [0.1, 0.15) is 12.4 Å². The smallest absolute Gasteiger partial charge is 0.219 e. The van der Waals surface area contributed by atoms with Gasteiger partial charge in [0.05, 0.1) is 0 Å². The molecular weight excluding hydrogens is 398 g/mol. The fraction of sp³-hybridized carbons (Fsp3) is 0.667. The van der Waals surface area contributed by atoms with Crippen LogP contribution in [0.4, 0.5) is 5.82 Å². The third kappa shape index (κ3) is 4.33. The van der Waals surface area contributed by atoms with Crippen LogP contribution in [0.25, 0.3) is 0 Å². The van der Waals surface area contributed by atoms with Crippen molar-refractivity contribution in [2.45, 2.75) is 45.2 Å². The average Bonchev–Trinajstić information content (AvgIpc) is 2.71. The Morgan fingerprint density at radius 1 is 1.33 bits per heavy atom. The Morgan fingerprint density at radius 3 is 3.00 bits per heavy atom. The molecule has 0 radical (unpaired) electrons. The van der Waals surface area contributed by atoms with E-state index in [1.807, 2.05) is 0 Å². The number of fused-ring (bicyclic) bond motifs is 1. The Labute approximate surface area is 148 Å². The zero-order chi connectivity index (χ0) is 13.1. The van der Waals surface area contributed by atoms with Gasteiger partial charge in [-0.15, -0.1) is 34.0 Å². The predicted molar refractivity (Wildman–Crippen MR) is 97.4 cm³/mol. The number of anilines is 1.